The molecule has 0 radical (unpaired) electrons. The van der Waals surface area contributed by atoms with Crippen molar-refractivity contribution >= 4 is 5.97 Å². The normalized spacial score (nSPS) is 9.56. The van der Waals surface area contributed by atoms with Gasteiger partial charge in [-0.2, -0.15) is 0 Å². The van der Waals surface area contributed by atoms with E-state index in [4.69, 9.17) is 5.11 Å². The summed E-state index contributed by atoms with van der Waals surface area (Å²) in [6.45, 7) is 8.38. The molecule has 0 aliphatic heterocycles. The second-order valence-corrected chi connectivity index (χ2v) is 4.21. The van der Waals surface area contributed by atoms with E-state index in [0.29, 0.717) is 12.3 Å². The molecule has 1 N–H and O–H groups in total. The summed E-state index contributed by atoms with van der Waals surface area (Å²) in [4.78, 5) is 9.60. The zero-order valence-corrected chi connectivity index (χ0v) is 10.7. The first-order chi connectivity index (χ1) is 7.47. The SMILES string of the molecule is CCCC(=O)O.Cc1ccc(C(C)C)cc1. The van der Waals surface area contributed by atoms with E-state index in [0.717, 1.165) is 6.42 Å². The molecule has 0 fully saturated rings. The zero-order valence-electron chi connectivity index (χ0n) is 10.7. The molecule has 2 heteroatoms. The van der Waals surface area contributed by atoms with Crippen LogP contribution in [-0.4, -0.2) is 11.1 Å². The first-order valence-corrected chi connectivity index (χ1v) is 5.75. The van der Waals surface area contributed by atoms with Gasteiger partial charge in [-0.05, 0) is 24.8 Å². The van der Waals surface area contributed by atoms with Gasteiger partial charge in [0.1, 0.15) is 0 Å². The second kappa shape index (κ2) is 7.91. The van der Waals surface area contributed by atoms with Gasteiger partial charge in [-0.15, -0.1) is 0 Å². The Labute approximate surface area is 98.3 Å². The number of aliphatic carboxylic acids is 1. The van der Waals surface area contributed by atoms with Gasteiger partial charge in [0.15, 0.2) is 0 Å². The molecule has 0 unspecified atom stereocenters. The molecule has 16 heavy (non-hydrogen) atoms. The highest BCUT2D eigenvalue weighted by atomic mass is 16.4. The number of aryl methyl sites for hydroxylation is 1. The second-order valence-electron chi connectivity index (χ2n) is 4.21. The van der Waals surface area contributed by atoms with Crippen LogP contribution in [0, 0.1) is 6.92 Å². The van der Waals surface area contributed by atoms with Crippen molar-refractivity contribution < 1.29 is 9.90 Å². The fraction of sp³-hybridized carbons (Fsp3) is 0.500. The third-order valence-electron chi connectivity index (χ3n) is 2.21. The molecular formula is C14H22O2. The molecule has 0 atom stereocenters. The first kappa shape index (κ1) is 14.7. The molecule has 0 saturated heterocycles. The quantitative estimate of drug-likeness (QED) is 0.839. The highest BCUT2D eigenvalue weighted by molar-refractivity contribution is 5.66. The van der Waals surface area contributed by atoms with Crippen molar-refractivity contribution in [3.05, 3.63) is 35.4 Å². The summed E-state index contributed by atoms with van der Waals surface area (Å²) in [5.74, 6) is -0.0573. The fourth-order valence-electron chi connectivity index (χ4n) is 1.17. The molecule has 0 bridgehead atoms. The number of carbonyl (C=O) groups is 1. The van der Waals surface area contributed by atoms with E-state index < -0.39 is 5.97 Å². The van der Waals surface area contributed by atoms with E-state index in [9.17, 15) is 4.79 Å². The van der Waals surface area contributed by atoms with Crippen LogP contribution in [-0.2, 0) is 4.79 Å². The van der Waals surface area contributed by atoms with Crippen molar-refractivity contribution in [1.29, 1.82) is 0 Å². The van der Waals surface area contributed by atoms with Gasteiger partial charge in [-0.3, -0.25) is 4.79 Å². The number of carboxylic acids is 1. The van der Waals surface area contributed by atoms with Crippen molar-refractivity contribution in [3.8, 4) is 0 Å². The van der Waals surface area contributed by atoms with Crippen molar-refractivity contribution in [3.63, 3.8) is 0 Å². The van der Waals surface area contributed by atoms with Crippen molar-refractivity contribution in [2.45, 2.75) is 46.5 Å². The maximum atomic E-state index is 9.60. The Bertz CT molecular complexity index is 299. The fourth-order valence-corrected chi connectivity index (χ4v) is 1.17. The summed E-state index contributed by atoms with van der Waals surface area (Å²) in [5.41, 5.74) is 2.76. The van der Waals surface area contributed by atoms with Gasteiger partial charge in [-0.1, -0.05) is 50.6 Å². The van der Waals surface area contributed by atoms with Gasteiger partial charge in [0.05, 0.1) is 0 Å². The number of benzene rings is 1. The number of carboxylic acid groups (broad SMARTS) is 1. The van der Waals surface area contributed by atoms with E-state index in [2.05, 4.69) is 45.0 Å². The summed E-state index contributed by atoms with van der Waals surface area (Å²) in [5, 5.41) is 7.91. The van der Waals surface area contributed by atoms with Crippen molar-refractivity contribution in [2.75, 3.05) is 0 Å². The molecule has 0 amide bonds. The van der Waals surface area contributed by atoms with Gasteiger partial charge >= 0.3 is 5.97 Å². The van der Waals surface area contributed by atoms with Crippen LogP contribution in [0.5, 0.6) is 0 Å². The number of hydrogen-bond donors (Lipinski definition) is 1. The van der Waals surface area contributed by atoms with Crippen LogP contribution in [0.2, 0.25) is 0 Å². The molecule has 0 aliphatic rings. The summed E-state index contributed by atoms with van der Waals surface area (Å²) >= 11 is 0. The molecule has 0 aliphatic carbocycles. The Morgan fingerprint density at radius 3 is 2.00 bits per heavy atom. The van der Waals surface area contributed by atoms with Crippen LogP contribution < -0.4 is 0 Å². The lowest BCUT2D eigenvalue weighted by Crippen LogP contribution is -1.90. The third-order valence-corrected chi connectivity index (χ3v) is 2.21. The smallest absolute Gasteiger partial charge is 0.303 e. The minimum atomic E-state index is -0.711. The lowest BCUT2D eigenvalue weighted by atomic mass is 10.0. The number of rotatable bonds is 3. The predicted molar refractivity (Wildman–Crippen MR) is 67.8 cm³/mol. The average Bonchev–Trinajstić information content (AvgIpc) is 2.19. The Morgan fingerprint density at radius 2 is 1.75 bits per heavy atom. The molecule has 1 aromatic carbocycles. The Hall–Kier alpha value is -1.31. The Kier molecular flexibility index (Phi) is 7.27. The van der Waals surface area contributed by atoms with E-state index in [1.165, 1.54) is 11.1 Å². The van der Waals surface area contributed by atoms with Gasteiger partial charge in [0.2, 0.25) is 0 Å². The highest BCUT2D eigenvalue weighted by Gasteiger charge is 1.95. The first-order valence-electron chi connectivity index (χ1n) is 5.75. The summed E-state index contributed by atoms with van der Waals surface area (Å²) in [6, 6.07) is 8.71. The molecule has 2 nitrogen and oxygen atoms in total. The largest absolute Gasteiger partial charge is 0.481 e. The summed E-state index contributed by atoms with van der Waals surface area (Å²) in [7, 11) is 0. The maximum Gasteiger partial charge on any atom is 0.303 e. The molecule has 1 aromatic rings. The van der Waals surface area contributed by atoms with Gasteiger partial charge in [0.25, 0.3) is 0 Å². The van der Waals surface area contributed by atoms with Gasteiger partial charge in [-0.25, -0.2) is 0 Å². The molecule has 1 rings (SSSR count). The Morgan fingerprint density at radius 1 is 1.25 bits per heavy atom. The van der Waals surface area contributed by atoms with Crippen molar-refractivity contribution in [2.24, 2.45) is 0 Å². The molecule has 0 heterocycles. The van der Waals surface area contributed by atoms with Crippen LogP contribution in [0.4, 0.5) is 0 Å². The topological polar surface area (TPSA) is 37.3 Å². The summed E-state index contributed by atoms with van der Waals surface area (Å²) in [6.07, 6.45) is 1.02. The molecular weight excluding hydrogens is 200 g/mol. The molecule has 0 spiro atoms. The van der Waals surface area contributed by atoms with Crippen LogP contribution >= 0.6 is 0 Å². The third kappa shape index (κ3) is 7.04. The average molecular weight is 222 g/mol. The Balaban J connectivity index is 0.000000325. The molecule has 90 valence electrons. The van der Waals surface area contributed by atoms with Crippen LogP contribution in [0.1, 0.15) is 50.7 Å². The van der Waals surface area contributed by atoms with Crippen LogP contribution in [0.3, 0.4) is 0 Å². The molecule has 0 aromatic heterocycles. The summed E-state index contributed by atoms with van der Waals surface area (Å²) < 4.78 is 0. The standard InChI is InChI=1S/C10H14.C4H8O2/c1-8(2)10-6-4-9(3)5-7-10;1-2-3-4(5)6/h4-8H,1-3H3;2-3H2,1H3,(H,5,6). The van der Waals surface area contributed by atoms with Crippen LogP contribution in [0.15, 0.2) is 24.3 Å². The van der Waals surface area contributed by atoms with E-state index in [1.54, 1.807) is 0 Å². The molecule has 0 saturated carbocycles. The highest BCUT2D eigenvalue weighted by Crippen LogP contribution is 2.13. The monoisotopic (exact) mass is 222 g/mol. The van der Waals surface area contributed by atoms with Crippen molar-refractivity contribution in [1.82, 2.24) is 0 Å². The van der Waals surface area contributed by atoms with E-state index in [-0.39, 0.29) is 0 Å². The zero-order chi connectivity index (χ0) is 12.6. The van der Waals surface area contributed by atoms with Gasteiger partial charge in [0, 0.05) is 6.42 Å². The van der Waals surface area contributed by atoms with Crippen LogP contribution in [0.25, 0.3) is 0 Å². The lowest BCUT2D eigenvalue weighted by Gasteiger charge is -2.03. The number of hydrogen-bond acceptors (Lipinski definition) is 1. The minimum Gasteiger partial charge on any atom is -0.481 e. The minimum absolute atomic E-state index is 0.292. The van der Waals surface area contributed by atoms with Gasteiger partial charge < -0.3 is 5.11 Å². The lowest BCUT2D eigenvalue weighted by molar-refractivity contribution is -0.137. The van der Waals surface area contributed by atoms with E-state index in [1.807, 2.05) is 6.92 Å². The van der Waals surface area contributed by atoms with E-state index >= 15 is 0 Å². The predicted octanol–water partition coefficient (Wildman–Crippen LogP) is 3.99. The maximum absolute atomic E-state index is 9.60.